The molecule has 5 rings (SSSR count). The molecule has 0 unspecified atom stereocenters. The molecular weight excluding hydrogens is 444 g/mol. The highest BCUT2D eigenvalue weighted by atomic mass is 32.2. The molecule has 2 aliphatic heterocycles. The summed E-state index contributed by atoms with van der Waals surface area (Å²) in [6, 6.07) is 10.1. The number of fused-ring (bicyclic) bond motifs is 2. The topological polar surface area (TPSA) is 111 Å². The van der Waals surface area contributed by atoms with Gasteiger partial charge in [0.1, 0.15) is 6.04 Å². The van der Waals surface area contributed by atoms with Crippen LogP contribution in [0.15, 0.2) is 41.3 Å². The highest BCUT2D eigenvalue weighted by molar-refractivity contribution is 7.90. The first-order valence-electron chi connectivity index (χ1n) is 10.7. The smallest absolute Gasteiger partial charge is 0.243 e. The summed E-state index contributed by atoms with van der Waals surface area (Å²) in [5.74, 6) is 1.72. The maximum atomic E-state index is 13.0. The van der Waals surface area contributed by atoms with Gasteiger partial charge < -0.3 is 19.7 Å². The highest BCUT2D eigenvalue weighted by Crippen LogP contribution is 2.32. The normalized spacial score (nSPS) is 17.5. The van der Waals surface area contributed by atoms with Crippen LogP contribution in [0.1, 0.15) is 24.1 Å². The first-order valence-corrected chi connectivity index (χ1v) is 12.6. The maximum Gasteiger partial charge on any atom is 0.243 e. The Morgan fingerprint density at radius 2 is 1.97 bits per heavy atom. The van der Waals surface area contributed by atoms with Gasteiger partial charge in [-0.15, -0.1) is 0 Å². The molecule has 2 aliphatic rings. The quantitative estimate of drug-likeness (QED) is 0.608. The molecule has 9 nitrogen and oxygen atoms in total. The number of hydrogen-bond acceptors (Lipinski definition) is 8. The van der Waals surface area contributed by atoms with Crippen LogP contribution >= 0.6 is 0 Å². The summed E-state index contributed by atoms with van der Waals surface area (Å²) in [7, 11) is -3.36. The summed E-state index contributed by atoms with van der Waals surface area (Å²) in [6.07, 6.45) is 2.70. The van der Waals surface area contributed by atoms with Gasteiger partial charge in [0.2, 0.25) is 18.6 Å². The molecule has 1 atom stereocenters. The van der Waals surface area contributed by atoms with E-state index in [-0.39, 0.29) is 17.6 Å². The number of nitrogens with one attached hydrogen (secondary N) is 1. The lowest BCUT2D eigenvalue weighted by Gasteiger charge is -2.24. The number of benzene rings is 2. The summed E-state index contributed by atoms with van der Waals surface area (Å²) in [6.45, 7) is 3.09. The minimum absolute atomic E-state index is 0.101. The average molecular weight is 469 g/mol. The van der Waals surface area contributed by atoms with Gasteiger partial charge in [-0.1, -0.05) is 6.07 Å². The molecule has 172 valence electrons. The molecule has 33 heavy (non-hydrogen) atoms. The molecule has 3 heterocycles. The molecule has 0 aliphatic carbocycles. The highest BCUT2D eigenvalue weighted by Gasteiger charge is 2.33. The van der Waals surface area contributed by atoms with Crippen LogP contribution in [0, 0.1) is 6.92 Å². The fraction of sp³-hybridized carbons (Fsp3) is 0.348. The third kappa shape index (κ3) is 4.18. The number of sulfone groups is 1. The number of nitrogens with zero attached hydrogens (tertiary/aromatic N) is 3. The van der Waals surface area contributed by atoms with Crippen molar-refractivity contribution in [1.29, 1.82) is 0 Å². The summed E-state index contributed by atoms with van der Waals surface area (Å²) in [4.78, 5) is 24.4. The lowest BCUT2D eigenvalue weighted by Crippen LogP contribution is -2.43. The fourth-order valence-corrected chi connectivity index (χ4v) is 4.89. The van der Waals surface area contributed by atoms with E-state index in [0.29, 0.717) is 42.5 Å². The number of hydrogen-bond donors (Lipinski definition) is 1. The van der Waals surface area contributed by atoms with Gasteiger partial charge in [-0.3, -0.25) is 4.79 Å². The standard InChI is InChI=1S/C23H24N4O5S/c1-14-17-7-6-16(33(2,29)30)11-18(17)26-23(25-14)27-9-3-4-19(27)22(28)24-12-15-5-8-20-21(10-15)32-13-31-20/h5-8,10-11,19H,3-4,9,12-13H2,1-2H3,(H,24,28)/t19-/m1/s1. The molecule has 1 fully saturated rings. The molecule has 0 bridgehead atoms. The number of ether oxygens (including phenoxy) is 2. The molecule has 0 spiro atoms. The van der Waals surface area contributed by atoms with Crippen molar-refractivity contribution in [3.8, 4) is 11.5 Å². The Balaban J connectivity index is 1.36. The Hall–Kier alpha value is -3.40. The van der Waals surface area contributed by atoms with Gasteiger partial charge in [0.05, 0.1) is 16.1 Å². The van der Waals surface area contributed by atoms with Gasteiger partial charge >= 0.3 is 0 Å². The summed E-state index contributed by atoms with van der Waals surface area (Å²) < 4.78 is 34.7. The maximum absolute atomic E-state index is 13.0. The van der Waals surface area contributed by atoms with Crippen molar-refractivity contribution >= 4 is 32.6 Å². The van der Waals surface area contributed by atoms with Crippen molar-refractivity contribution in [3.63, 3.8) is 0 Å². The third-order valence-electron chi connectivity index (χ3n) is 5.99. The first-order chi connectivity index (χ1) is 15.8. The Bertz CT molecular complexity index is 1360. The van der Waals surface area contributed by atoms with Crippen LogP contribution in [0.25, 0.3) is 10.9 Å². The molecule has 3 aromatic rings. The van der Waals surface area contributed by atoms with E-state index in [9.17, 15) is 13.2 Å². The van der Waals surface area contributed by atoms with E-state index in [1.54, 1.807) is 18.2 Å². The van der Waals surface area contributed by atoms with Crippen LogP contribution in [0.3, 0.4) is 0 Å². The Morgan fingerprint density at radius 1 is 1.15 bits per heavy atom. The molecular formula is C23H24N4O5S. The predicted octanol–water partition coefficient (Wildman–Crippen LogP) is 2.36. The molecule has 0 radical (unpaired) electrons. The van der Waals surface area contributed by atoms with Gasteiger partial charge in [0, 0.05) is 24.7 Å². The Kier molecular flexibility index (Phi) is 5.32. The number of carbonyl (C=O) groups excluding carboxylic acids is 1. The van der Waals surface area contributed by atoms with Crippen LogP contribution in [0.5, 0.6) is 11.5 Å². The molecule has 10 heteroatoms. The Morgan fingerprint density at radius 3 is 2.79 bits per heavy atom. The van der Waals surface area contributed by atoms with Crippen LogP contribution in [-0.2, 0) is 21.2 Å². The van der Waals surface area contributed by atoms with Gasteiger partial charge in [0.15, 0.2) is 21.3 Å². The first kappa shape index (κ1) is 21.4. The second-order valence-electron chi connectivity index (χ2n) is 8.32. The largest absolute Gasteiger partial charge is 0.454 e. The van der Waals surface area contributed by atoms with E-state index in [1.165, 1.54) is 6.26 Å². The van der Waals surface area contributed by atoms with Crippen molar-refractivity contribution in [2.24, 2.45) is 0 Å². The van der Waals surface area contributed by atoms with E-state index in [1.807, 2.05) is 30.0 Å². The van der Waals surface area contributed by atoms with Gasteiger partial charge in [-0.25, -0.2) is 18.4 Å². The van der Waals surface area contributed by atoms with E-state index < -0.39 is 15.9 Å². The second kappa shape index (κ2) is 8.18. The number of carbonyl (C=O) groups is 1. The monoisotopic (exact) mass is 468 g/mol. The third-order valence-corrected chi connectivity index (χ3v) is 7.10. The molecule has 1 N–H and O–H groups in total. The minimum Gasteiger partial charge on any atom is -0.454 e. The predicted molar refractivity (Wildman–Crippen MR) is 122 cm³/mol. The van der Waals surface area contributed by atoms with Gasteiger partial charge in [-0.05, 0) is 55.7 Å². The summed E-state index contributed by atoms with van der Waals surface area (Å²) in [5, 5.41) is 3.79. The molecule has 1 amide bonds. The van der Waals surface area contributed by atoms with E-state index in [2.05, 4.69) is 15.3 Å². The average Bonchev–Trinajstić information content (AvgIpc) is 3.45. The number of rotatable bonds is 5. The lowest BCUT2D eigenvalue weighted by molar-refractivity contribution is -0.122. The number of anilines is 1. The zero-order valence-electron chi connectivity index (χ0n) is 18.4. The van der Waals surface area contributed by atoms with Gasteiger partial charge in [-0.2, -0.15) is 0 Å². The lowest BCUT2D eigenvalue weighted by atomic mass is 10.1. The van der Waals surface area contributed by atoms with Crippen LogP contribution in [-0.4, -0.2) is 49.9 Å². The van der Waals surface area contributed by atoms with E-state index >= 15 is 0 Å². The van der Waals surface area contributed by atoms with E-state index in [0.717, 1.165) is 23.1 Å². The van der Waals surface area contributed by atoms with Crippen LogP contribution in [0.4, 0.5) is 5.95 Å². The Labute approximate surface area is 191 Å². The van der Waals surface area contributed by atoms with Crippen molar-refractivity contribution in [1.82, 2.24) is 15.3 Å². The van der Waals surface area contributed by atoms with Crippen molar-refractivity contribution in [2.45, 2.75) is 37.2 Å². The van der Waals surface area contributed by atoms with Crippen molar-refractivity contribution in [3.05, 3.63) is 47.7 Å². The van der Waals surface area contributed by atoms with Gasteiger partial charge in [0.25, 0.3) is 0 Å². The van der Waals surface area contributed by atoms with Crippen LogP contribution in [0.2, 0.25) is 0 Å². The zero-order valence-corrected chi connectivity index (χ0v) is 19.2. The number of aryl methyl sites for hydroxylation is 1. The SMILES string of the molecule is Cc1nc(N2CCC[C@@H]2C(=O)NCc2ccc3c(c2)OCO3)nc2cc(S(C)(=O)=O)ccc12. The number of aromatic nitrogens is 2. The molecule has 0 saturated carbocycles. The van der Waals surface area contributed by atoms with Crippen LogP contribution < -0.4 is 19.7 Å². The molecule has 1 aromatic heterocycles. The van der Waals surface area contributed by atoms with Crippen molar-refractivity contribution in [2.75, 3.05) is 24.5 Å². The fourth-order valence-electron chi connectivity index (χ4n) is 4.25. The summed E-state index contributed by atoms with van der Waals surface area (Å²) in [5.41, 5.74) is 2.21. The minimum atomic E-state index is -3.36. The zero-order chi connectivity index (χ0) is 23.2. The van der Waals surface area contributed by atoms with Crippen molar-refractivity contribution < 1.29 is 22.7 Å². The second-order valence-corrected chi connectivity index (χ2v) is 10.3. The molecule has 2 aromatic carbocycles. The van der Waals surface area contributed by atoms with E-state index in [4.69, 9.17) is 9.47 Å². The molecule has 1 saturated heterocycles. The number of amides is 1. The summed E-state index contributed by atoms with van der Waals surface area (Å²) >= 11 is 0.